The zero-order chi connectivity index (χ0) is 42.0. The third kappa shape index (κ3) is 4.47. The van der Waals surface area contributed by atoms with Gasteiger partial charge in [-0.15, -0.1) is 0 Å². The molecule has 0 fully saturated rings. The van der Waals surface area contributed by atoms with Crippen molar-refractivity contribution in [3.8, 4) is 55.6 Å². The van der Waals surface area contributed by atoms with E-state index in [2.05, 4.69) is 243 Å². The molecule has 0 nitrogen and oxygen atoms in total. The fourth-order valence-electron chi connectivity index (χ4n) is 12.6. The van der Waals surface area contributed by atoms with Crippen LogP contribution in [0.15, 0.2) is 243 Å². The van der Waals surface area contributed by atoms with Crippen LogP contribution in [0, 0.1) is 0 Å². The maximum Gasteiger partial charge on any atom is 0.0720 e. The number of hydrogen-bond acceptors (Lipinski definition) is 0. The van der Waals surface area contributed by atoms with Crippen molar-refractivity contribution in [2.24, 2.45) is 0 Å². The molecule has 296 valence electrons. The maximum atomic E-state index is 2.58. The van der Waals surface area contributed by atoms with Crippen LogP contribution in [0.2, 0.25) is 0 Å². The molecule has 0 bridgehead atoms. The highest BCUT2D eigenvalue weighted by molar-refractivity contribution is 6.22. The van der Waals surface area contributed by atoms with Gasteiger partial charge in [-0.3, -0.25) is 0 Å². The van der Waals surface area contributed by atoms with Crippen molar-refractivity contribution in [2.75, 3.05) is 0 Å². The van der Waals surface area contributed by atoms with E-state index in [-0.39, 0.29) is 0 Å². The molecule has 0 unspecified atom stereocenters. The summed E-state index contributed by atoms with van der Waals surface area (Å²) in [6.07, 6.45) is 0. The number of benzene rings is 11. The van der Waals surface area contributed by atoms with Gasteiger partial charge < -0.3 is 0 Å². The lowest BCUT2D eigenvalue weighted by Crippen LogP contribution is -2.43. The van der Waals surface area contributed by atoms with Gasteiger partial charge in [0.15, 0.2) is 0 Å². The quantitative estimate of drug-likeness (QED) is 0.156. The largest absolute Gasteiger partial charge is 0.0720 e. The van der Waals surface area contributed by atoms with Gasteiger partial charge in [-0.05, 0) is 134 Å². The molecule has 0 saturated carbocycles. The smallest absolute Gasteiger partial charge is 0.0622 e. The average molecular weight is 809 g/mol. The SMILES string of the molecule is c1ccc(-c2c3ccccc3c(-c3ccccc3)c3cc(-c4ccc5c(c4)C4(c6ccccc6-c6ccccc64)c4ccccc4C54c5ccccc5-c5ccccc54)ccc23)cc1. The van der Waals surface area contributed by atoms with Crippen molar-refractivity contribution in [3.05, 3.63) is 287 Å². The average Bonchev–Trinajstić information content (AvgIpc) is 3.83. The van der Waals surface area contributed by atoms with Gasteiger partial charge in [0, 0.05) is 0 Å². The van der Waals surface area contributed by atoms with Gasteiger partial charge in [0.05, 0.1) is 10.8 Å². The highest BCUT2D eigenvalue weighted by Gasteiger charge is 2.58. The fourth-order valence-corrected chi connectivity index (χ4v) is 12.6. The van der Waals surface area contributed by atoms with Crippen LogP contribution >= 0.6 is 0 Å². The minimum absolute atomic E-state index is 0.511. The molecule has 11 aromatic carbocycles. The lowest BCUT2D eigenvalue weighted by Gasteiger charge is -2.49. The predicted octanol–water partition coefficient (Wildman–Crippen LogP) is 16.0. The van der Waals surface area contributed by atoms with Crippen molar-refractivity contribution in [1.82, 2.24) is 0 Å². The second-order valence-electron chi connectivity index (χ2n) is 17.8. The van der Waals surface area contributed by atoms with Crippen LogP contribution in [-0.2, 0) is 10.8 Å². The van der Waals surface area contributed by atoms with Crippen molar-refractivity contribution in [3.63, 3.8) is 0 Å². The number of hydrogen-bond donors (Lipinski definition) is 0. The molecule has 64 heavy (non-hydrogen) atoms. The lowest BCUT2D eigenvalue weighted by atomic mass is 9.52. The van der Waals surface area contributed by atoms with E-state index in [1.807, 2.05) is 0 Å². The van der Waals surface area contributed by atoms with E-state index in [1.54, 1.807) is 0 Å². The van der Waals surface area contributed by atoms with Crippen molar-refractivity contribution < 1.29 is 0 Å². The van der Waals surface area contributed by atoms with Crippen LogP contribution in [0.4, 0.5) is 0 Å². The Morgan fingerprint density at radius 2 is 0.516 bits per heavy atom. The highest BCUT2D eigenvalue weighted by Crippen LogP contribution is 2.67. The van der Waals surface area contributed by atoms with Crippen LogP contribution in [-0.4, -0.2) is 0 Å². The van der Waals surface area contributed by atoms with Gasteiger partial charge >= 0.3 is 0 Å². The van der Waals surface area contributed by atoms with Gasteiger partial charge in [-0.25, -0.2) is 0 Å². The third-order valence-corrected chi connectivity index (χ3v) is 14.9. The molecule has 11 aromatic rings. The molecule has 0 heteroatoms. The van der Waals surface area contributed by atoms with Crippen molar-refractivity contribution in [1.29, 1.82) is 0 Å². The van der Waals surface area contributed by atoms with Crippen LogP contribution in [0.25, 0.3) is 77.2 Å². The van der Waals surface area contributed by atoms with E-state index in [1.165, 1.54) is 122 Å². The Hall–Kier alpha value is -8.06. The summed E-state index contributed by atoms with van der Waals surface area (Å²) in [6.45, 7) is 0. The van der Waals surface area contributed by atoms with Crippen molar-refractivity contribution in [2.45, 2.75) is 10.8 Å². The summed E-state index contributed by atoms with van der Waals surface area (Å²) in [5, 5.41) is 5.04. The Morgan fingerprint density at radius 1 is 0.188 bits per heavy atom. The molecule has 3 aliphatic rings. The standard InChI is InChI=1S/C64H40/c1-3-19-41(20-4-1)61-49-27-7-8-28-50(49)62(42-21-5-2-6-22-42)52-39-43(35-37-51(52)61)44-36-38-59-60(40-44)64(55-31-15-11-25-47(55)48-26-12-16-32-56(48)64)58-34-18-17-33-57(58)63(59)53-29-13-9-23-45(53)46-24-10-14-30-54(46)63/h1-40H. The Labute approximate surface area is 373 Å². The van der Waals surface area contributed by atoms with Gasteiger partial charge in [0.2, 0.25) is 0 Å². The molecule has 0 radical (unpaired) electrons. The predicted molar refractivity (Wildman–Crippen MR) is 266 cm³/mol. The molecule has 0 aliphatic heterocycles. The summed E-state index contributed by atoms with van der Waals surface area (Å²) in [5.74, 6) is 0. The Bertz CT molecular complexity index is 3630. The summed E-state index contributed by atoms with van der Waals surface area (Å²) in [6, 6.07) is 91.7. The summed E-state index contributed by atoms with van der Waals surface area (Å²) in [5.41, 5.74) is 22.4. The third-order valence-electron chi connectivity index (χ3n) is 14.9. The van der Waals surface area contributed by atoms with E-state index in [4.69, 9.17) is 0 Å². The summed E-state index contributed by atoms with van der Waals surface area (Å²) in [4.78, 5) is 0. The normalized spacial score (nSPS) is 14.2. The molecule has 0 heterocycles. The van der Waals surface area contributed by atoms with E-state index in [0.717, 1.165) is 0 Å². The van der Waals surface area contributed by atoms with Gasteiger partial charge in [0.25, 0.3) is 0 Å². The molecule has 3 aliphatic carbocycles. The fraction of sp³-hybridized carbons (Fsp3) is 0.0312. The second-order valence-corrected chi connectivity index (χ2v) is 17.8. The zero-order valence-corrected chi connectivity index (χ0v) is 35.1. The Morgan fingerprint density at radius 3 is 1.00 bits per heavy atom. The molecule has 0 aromatic heterocycles. The molecule has 0 saturated heterocycles. The molecule has 14 rings (SSSR count). The second kappa shape index (κ2) is 13.2. The van der Waals surface area contributed by atoms with Gasteiger partial charge in [-0.2, -0.15) is 0 Å². The molecule has 2 spiro atoms. The van der Waals surface area contributed by atoms with Crippen LogP contribution in [0.3, 0.4) is 0 Å². The summed E-state index contributed by atoms with van der Waals surface area (Å²) in [7, 11) is 0. The summed E-state index contributed by atoms with van der Waals surface area (Å²) < 4.78 is 0. The topological polar surface area (TPSA) is 0 Å². The van der Waals surface area contributed by atoms with Crippen molar-refractivity contribution >= 4 is 21.5 Å². The Balaban J connectivity index is 1.12. The maximum absolute atomic E-state index is 2.58. The molecular weight excluding hydrogens is 769 g/mol. The lowest BCUT2D eigenvalue weighted by molar-refractivity contribution is 0.633. The first kappa shape index (κ1) is 35.5. The first-order valence-corrected chi connectivity index (χ1v) is 22.5. The monoisotopic (exact) mass is 808 g/mol. The van der Waals surface area contributed by atoms with Gasteiger partial charge in [0.1, 0.15) is 0 Å². The van der Waals surface area contributed by atoms with E-state index < -0.39 is 10.8 Å². The minimum Gasteiger partial charge on any atom is -0.0622 e. The molecule has 0 atom stereocenters. The van der Waals surface area contributed by atoms with E-state index >= 15 is 0 Å². The van der Waals surface area contributed by atoms with Crippen LogP contribution in [0.5, 0.6) is 0 Å². The number of fused-ring (bicyclic) bond motifs is 18. The zero-order valence-electron chi connectivity index (χ0n) is 35.1. The first-order valence-electron chi connectivity index (χ1n) is 22.5. The molecular formula is C64H40. The molecule has 0 N–H and O–H groups in total. The van der Waals surface area contributed by atoms with Crippen LogP contribution < -0.4 is 0 Å². The van der Waals surface area contributed by atoms with Crippen LogP contribution in [0.1, 0.15) is 44.5 Å². The Kier molecular flexibility index (Phi) is 7.34. The van der Waals surface area contributed by atoms with E-state index in [9.17, 15) is 0 Å². The molecule has 0 amide bonds. The highest BCUT2D eigenvalue weighted by atomic mass is 14.6. The number of rotatable bonds is 3. The first-order chi connectivity index (χ1) is 31.8. The summed E-state index contributed by atoms with van der Waals surface area (Å²) >= 11 is 0. The minimum atomic E-state index is -0.546. The van der Waals surface area contributed by atoms with Gasteiger partial charge in [-0.1, -0.05) is 231 Å². The van der Waals surface area contributed by atoms with E-state index in [0.29, 0.717) is 0 Å².